The lowest BCUT2D eigenvalue weighted by atomic mass is 9.72. The van der Waals surface area contributed by atoms with E-state index in [1.807, 2.05) is 6.07 Å². The van der Waals surface area contributed by atoms with Crippen LogP contribution in [-0.2, 0) is 9.94 Å². The molecule has 0 spiro atoms. The standard InChI is InChI=1S/C49H36O3P2/c1-3-16-35(17-4-1)45-31-49(37-19-5-2-6-20-37)32-46(53(45)44-25-12-11-24-41(44)49)36-18-13-21-38(30-36)50-54-51-42-28-26-33-14-7-9-22-39(33)47(42)48-40-23-10-8-15-34(40)27-29-43(48)52-54/h1-7,9,11-27,29-32,42H,8,10,28H2/t42-,49?,53?,54?/m0/s1. The van der Waals surface area contributed by atoms with Gasteiger partial charge in [0.15, 0.2) is 0 Å². The Hall–Kier alpha value is -5.30. The molecule has 2 aliphatic carbocycles. The molecule has 260 valence electrons. The summed E-state index contributed by atoms with van der Waals surface area (Å²) in [5, 5.41) is 9.10. The van der Waals surface area contributed by atoms with Gasteiger partial charge < -0.3 is 9.05 Å². The summed E-state index contributed by atoms with van der Waals surface area (Å²) in [4.78, 5) is 0. The Bertz CT molecular complexity index is 2810. The smallest absolute Gasteiger partial charge is 0.418 e. The summed E-state index contributed by atoms with van der Waals surface area (Å²) in [5.41, 5.74) is 7.01. The Morgan fingerprint density at radius 2 is 1.37 bits per heavy atom. The lowest BCUT2D eigenvalue weighted by Crippen LogP contribution is -2.39. The van der Waals surface area contributed by atoms with Crippen molar-refractivity contribution in [2.45, 2.75) is 30.8 Å². The van der Waals surface area contributed by atoms with Gasteiger partial charge in [0.05, 0.1) is 11.5 Å². The molecule has 0 amide bonds. The molecule has 4 atom stereocenters. The molecular formula is C49H36O3P2. The third-order valence-corrected chi connectivity index (χ3v) is 15.1. The first kappa shape index (κ1) is 32.2. The third-order valence-electron chi connectivity index (χ3n) is 11.3. The van der Waals surface area contributed by atoms with Crippen molar-refractivity contribution in [3.63, 3.8) is 0 Å². The van der Waals surface area contributed by atoms with Gasteiger partial charge in [0.1, 0.15) is 11.5 Å². The quantitative estimate of drug-likeness (QED) is 0.166. The van der Waals surface area contributed by atoms with Crippen LogP contribution < -0.4 is 35.2 Å². The number of rotatable bonds is 5. The van der Waals surface area contributed by atoms with Crippen LogP contribution in [0.15, 0.2) is 158 Å². The maximum Gasteiger partial charge on any atom is 0.463 e. The molecule has 4 heterocycles. The first-order valence-corrected chi connectivity index (χ1v) is 21.2. The van der Waals surface area contributed by atoms with Crippen molar-refractivity contribution < 1.29 is 13.6 Å². The van der Waals surface area contributed by atoms with Gasteiger partial charge in [0.2, 0.25) is 0 Å². The van der Waals surface area contributed by atoms with Crippen LogP contribution >= 0.6 is 16.5 Å². The van der Waals surface area contributed by atoms with E-state index >= 15 is 0 Å². The number of benzene rings is 6. The molecule has 54 heavy (non-hydrogen) atoms. The van der Waals surface area contributed by atoms with Gasteiger partial charge in [-0.25, -0.2) is 0 Å². The highest BCUT2D eigenvalue weighted by Gasteiger charge is 2.46. The molecule has 4 aliphatic heterocycles. The average Bonchev–Trinajstić information content (AvgIpc) is 3.41. The number of hydrogen-bond acceptors (Lipinski definition) is 3. The molecular weight excluding hydrogens is 698 g/mol. The Morgan fingerprint density at radius 1 is 0.630 bits per heavy atom. The van der Waals surface area contributed by atoms with Crippen molar-refractivity contribution in [1.82, 2.24) is 0 Å². The van der Waals surface area contributed by atoms with E-state index in [-0.39, 0.29) is 6.10 Å². The molecule has 3 unspecified atom stereocenters. The largest absolute Gasteiger partial charge is 0.463 e. The molecule has 6 aliphatic rings. The summed E-state index contributed by atoms with van der Waals surface area (Å²) in [6, 6.07) is 52.4. The zero-order valence-corrected chi connectivity index (χ0v) is 31.3. The van der Waals surface area contributed by atoms with Gasteiger partial charge >= 0.3 is 8.60 Å². The lowest BCUT2D eigenvalue weighted by Gasteiger charge is -2.46. The fourth-order valence-corrected chi connectivity index (χ4v) is 13.1. The Labute approximate surface area is 317 Å². The van der Waals surface area contributed by atoms with Crippen molar-refractivity contribution in [3.05, 3.63) is 206 Å². The van der Waals surface area contributed by atoms with Crippen LogP contribution in [0.3, 0.4) is 0 Å². The highest BCUT2D eigenvalue weighted by atomic mass is 31.2. The SMILES string of the molecule is C1=C(c2ccccc2)P2C(c3cccc(OP4Oc5ccc6c(c5C5=c7ccccc7=CC[C@@H]5O4)=CCCC=6)c3)=CC1(c1ccccc1)c1ccccc12. The van der Waals surface area contributed by atoms with Gasteiger partial charge in [-0.1, -0.05) is 158 Å². The molecule has 5 heteroatoms. The minimum absolute atomic E-state index is 0.182. The molecule has 0 radical (unpaired) electrons. The molecule has 0 aromatic heterocycles. The van der Waals surface area contributed by atoms with Crippen molar-refractivity contribution in [3.8, 4) is 11.5 Å². The number of fused-ring (bicyclic) bond motifs is 6. The summed E-state index contributed by atoms with van der Waals surface area (Å²) < 4.78 is 20.5. The summed E-state index contributed by atoms with van der Waals surface area (Å²) in [6.45, 7) is 0. The Balaban J connectivity index is 1.02. The van der Waals surface area contributed by atoms with Crippen molar-refractivity contribution in [2.24, 2.45) is 0 Å². The second-order valence-electron chi connectivity index (χ2n) is 14.4. The van der Waals surface area contributed by atoms with E-state index in [0.717, 1.165) is 41.9 Å². The molecule has 0 saturated carbocycles. The van der Waals surface area contributed by atoms with E-state index in [9.17, 15) is 0 Å². The third kappa shape index (κ3) is 5.14. The van der Waals surface area contributed by atoms with Gasteiger partial charge in [0, 0.05) is 11.1 Å². The first-order chi connectivity index (χ1) is 26.7. The predicted octanol–water partition coefficient (Wildman–Crippen LogP) is 9.01. The fourth-order valence-electron chi connectivity index (χ4n) is 8.95. The highest BCUT2D eigenvalue weighted by molar-refractivity contribution is 7.84. The fraction of sp³-hybridized carbons (Fsp3) is 0.102. The van der Waals surface area contributed by atoms with E-state index in [4.69, 9.17) is 13.6 Å². The van der Waals surface area contributed by atoms with Crippen LogP contribution in [0.5, 0.6) is 11.5 Å². The van der Waals surface area contributed by atoms with Gasteiger partial charge in [-0.05, 0) is 104 Å². The molecule has 0 fully saturated rings. The van der Waals surface area contributed by atoms with Gasteiger partial charge in [0.25, 0.3) is 0 Å². The van der Waals surface area contributed by atoms with Crippen molar-refractivity contribution >= 4 is 56.3 Å². The van der Waals surface area contributed by atoms with Crippen LogP contribution in [-0.4, -0.2) is 6.10 Å². The predicted molar refractivity (Wildman–Crippen MR) is 223 cm³/mol. The molecule has 0 N–H and O–H groups in total. The molecule has 0 saturated heterocycles. The minimum Gasteiger partial charge on any atom is -0.418 e. The average molecular weight is 735 g/mol. The molecule has 2 bridgehead atoms. The van der Waals surface area contributed by atoms with Gasteiger partial charge in [-0.2, -0.15) is 0 Å². The van der Waals surface area contributed by atoms with Crippen LogP contribution in [0.25, 0.3) is 34.4 Å². The summed E-state index contributed by atoms with van der Waals surface area (Å²) in [7, 11) is -2.60. The zero-order valence-electron chi connectivity index (χ0n) is 29.6. The summed E-state index contributed by atoms with van der Waals surface area (Å²) in [5.74, 6) is 1.57. The number of allylic oxidation sites excluding steroid dienone is 2. The summed E-state index contributed by atoms with van der Waals surface area (Å²) in [6.07, 6.45) is 14.7. The van der Waals surface area contributed by atoms with E-state index < -0.39 is 21.9 Å². The van der Waals surface area contributed by atoms with E-state index in [1.54, 1.807) is 0 Å². The van der Waals surface area contributed by atoms with Crippen LogP contribution in [0.4, 0.5) is 0 Å². The van der Waals surface area contributed by atoms with E-state index in [0.29, 0.717) is 0 Å². The second kappa shape index (κ2) is 12.9. The molecule has 3 nitrogen and oxygen atoms in total. The van der Waals surface area contributed by atoms with Gasteiger partial charge in [-0.15, -0.1) is 0 Å². The summed E-state index contributed by atoms with van der Waals surface area (Å²) >= 11 is 0. The Kier molecular flexibility index (Phi) is 7.70. The maximum absolute atomic E-state index is 6.89. The second-order valence-corrected chi connectivity index (χ2v) is 17.5. The normalized spacial score (nSPS) is 22.8. The highest BCUT2D eigenvalue weighted by Crippen LogP contribution is 2.69. The van der Waals surface area contributed by atoms with E-state index in [2.05, 4.69) is 170 Å². The molecule has 12 rings (SSSR count). The van der Waals surface area contributed by atoms with Crippen LogP contribution in [0, 0.1) is 0 Å². The lowest BCUT2D eigenvalue weighted by molar-refractivity contribution is 0.232. The first-order valence-electron chi connectivity index (χ1n) is 18.8. The van der Waals surface area contributed by atoms with E-state index in [1.165, 1.54) is 59.1 Å². The monoisotopic (exact) mass is 734 g/mol. The Morgan fingerprint density at radius 3 is 2.26 bits per heavy atom. The molecule has 6 aromatic carbocycles. The topological polar surface area (TPSA) is 27.7 Å². The van der Waals surface area contributed by atoms with Crippen LogP contribution in [0.2, 0.25) is 0 Å². The molecule has 6 aromatic rings. The minimum atomic E-state index is -1.77. The number of hydrogen-bond donors (Lipinski definition) is 0. The van der Waals surface area contributed by atoms with Crippen molar-refractivity contribution in [1.29, 1.82) is 0 Å². The van der Waals surface area contributed by atoms with Crippen molar-refractivity contribution in [2.75, 3.05) is 0 Å². The van der Waals surface area contributed by atoms with Gasteiger partial charge in [-0.3, -0.25) is 4.52 Å². The van der Waals surface area contributed by atoms with Crippen LogP contribution in [0.1, 0.15) is 47.1 Å². The zero-order chi connectivity index (χ0) is 35.6. The maximum atomic E-state index is 6.89.